The largest absolute Gasteiger partial charge is 0.324 e. The van der Waals surface area contributed by atoms with E-state index in [9.17, 15) is 4.79 Å². The van der Waals surface area contributed by atoms with E-state index in [4.69, 9.17) is 23.2 Å². The zero-order valence-electron chi connectivity index (χ0n) is 8.68. The Hall–Kier alpha value is -0.730. The first-order valence-electron chi connectivity index (χ1n) is 4.59. The molecule has 82 valence electrons. The second-order valence-electron chi connectivity index (χ2n) is 3.60. The quantitative estimate of drug-likeness (QED) is 0.815. The van der Waals surface area contributed by atoms with E-state index in [1.807, 2.05) is 31.2 Å². The summed E-state index contributed by atoms with van der Waals surface area (Å²) in [7, 11) is 0. The standard InChI is InChI=1S/C11H13Cl2NO/c1-8-5-3-4-6-9(8)14-10(15)11(2,13)7-12/h3-6H,7H2,1-2H3,(H,14,15). The second kappa shape index (κ2) is 4.86. The van der Waals surface area contributed by atoms with Crippen molar-refractivity contribution < 1.29 is 4.79 Å². The monoisotopic (exact) mass is 245 g/mol. The van der Waals surface area contributed by atoms with Crippen molar-refractivity contribution in [1.82, 2.24) is 0 Å². The molecule has 0 aliphatic heterocycles. The van der Waals surface area contributed by atoms with Gasteiger partial charge in [-0.15, -0.1) is 23.2 Å². The molecule has 1 aromatic carbocycles. The Bertz CT molecular complexity index is 363. The number of amides is 1. The zero-order chi connectivity index (χ0) is 11.5. The fourth-order valence-electron chi connectivity index (χ4n) is 1.03. The highest BCUT2D eigenvalue weighted by Crippen LogP contribution is 2.20. The average molecular weight is 246 g/mol. The molecule has 0 fully saturated rings. The lowest BCUT2D eigenvalue weighted by Gasteiger charge is -2.18. The van der Waals surface area contributed by atoms with Crippen molar-refractivity contribution in [1.29, 1.82) is 0 Å². The Morgan fingerprint density at radius 2 is 2.07 bits per heavy atom. The van der Waals surface area contributed by atoms with Crippen LogP contribution >= 0.6 is 23.2 Å². The Kier molecular flexibility index (Phi) is 4.00. The number of rotatable bonds is 3. The second-order valence-corrected chi connectivity index (χ2v) is 4.70. The number of hydrogen-bond acceptors (Lipinski definition) is 1. The van der Waals surface area contributed by atoms with Crippen LogP contribution < -0.4 is 5.32 Å². The SMILES string of the molecule is Cc1ccccc1NC(=O)C(C)(Cl)CCl. The van der Waals surface area contributed by atoms with Crippen LogP contribution in [0, 0.1) is 6.92 Å². The van der Waals surface area contributed by atoms with Crippen LogP contribution in [0.1, 0.15) is 12.5 Å². The van der Waals surface area contributed by atoms with Gasteiger partial charge in [-0.05, 0) is 25.5 Å². The fourth-order valence-corrected chi connectivity index (χ4v) is 1.20. The molecular formula is C11H13Cl2NO. The third-order valence-electron chi connectivity index (χ3n) is 2.12. The Morgan fingerprint density at radius 3 is 2.60 bits per heavy atom. The van der Waals surface area contributed by atoms with Crippen molar-refractivity contribution in [3.63, 3.8) is 0 Å². The topological polar surface area (TPSA) is 29.1 Å². The number of para-hydroxylation sites is 1. The molecule has 1 rings (SSSR count). The van der Waals surface area contributed by atoms with Crippen LogP contribution in [0.25, 0.3) is 0 Å². The normalized spacial score (nSPS) is 14.4. The molecular weight excluding hydrogens is 233 g/mol. The molecule has 0 radical (unpaired) electrons. The number of halogens is 2. The van der Waals surface area contributed by atoms with Crippen LogP contribution in [0.3, 0.4) is 0 Å². The molecule has 1 unspecified atom stereocenters. The van der Waals surface area contributed by atoms with Crippen molar-refractivity contribution >= 4 is 34.8 Å². The van der Waals surface area contributed by atoms with Crippen LogP contribution in [-0.2, 0) is 4.79 Å². The van der Waals surface area contributed by atoms with Gasteiger partial charge < -0.3 is 5.32 Å². The predicted octanol–water partition coefficient (Wildman–Crippen LogP) is 3.17. The van der Waals surface area contributed by atoms with E-state index in [1.54, 1.807) is 6.92 Å². The molecule has 1 atom stereocenters. The minimum absolute atomic E-state index is 0.0757. The first-order valence-corrected chi connectivity index (χ1v) is 5.50. The van der Waals surface area contributed by atoms with E-state index >= 15 is 0 Å². The molecule has 0 heterocycles. The maximum atomic E-state index is 11.7. The van der Waals surface area contributed by atoms with Gasteiger partial charge in [0.05, 0.1) is 5.88 Å². The van der Waals surface area contributed by atoms with Crippen molar-refractivity contribution in [2.75, 3.05) is 11.2 Å². The Morgan fingerprint density at radius 1 is 1.47 bits per heavy atom. The lowest BCUT2D eigenvalue weighted by atomic mass is 10.1. The first-order chi connectivity index (χ1) is 6.97. The fraction of sp³-hybridized carbons (Fsp3) is 0.364. The molecule has 0 spiro atoms. The predicted molar refractivity (Wildman–Crippen MR) is 64.8 cm³/mol. The van der Waals surface area contributed by atoms with Crippen LogP contribution in [-0.4, -0.2) is 16.7 Å². The summed E-state index contributed by atoms with van der Waals surface area (Å²) >= 11 is 11.5. The number of carbonyl (C=O) groups is 1. The van der Waals surface area contributed by atoms with Crippen molar-refractivity contribution in [3.8, 4) is 0 Å². The third-order valence-corrected chi connectivity index (χ3v) is 3.09. The molecule has 0 aliphatic carbocycles. The van der Waals surface area contributed by atoms with Crippen molar-refractivity contribution in [3.05, 3.63) is 29.8 Å². The molecule has 1 N–H and O–H groups in total. The van der Waals surface area contributed by atoms with Crippen LogP contribution in [0.4, 0.5) is 5.69 Å². The summed E-state index contributed by atoms with van der Waals surface area (Å²) < 4.78 is 0. The lowest BCUT2D eigenvalue weighted by molar-refractivity contribution is -0.117. The van der Waals surface area contributed by atoms with Gasteiger partial charge in [-0.25, -0.2) is 0 Å². The number of carbonyl (C=O) groups excluding carboxylic acids is 1. The van der Waals surface area contributed by atoms with Gasteiger partial charge in [-0.3, -0.25) is 4.79 Å². The minimum atomic E-state index is -1.07. The van der Waals surface area contributed by atoms with E-state index in [0.29, 0.717) is 0 Å². The van der Waals surface area contributed by atoms with E-state index in [1.165, 1.54) is 0 Å². The average Bonchev–Trinajstić information content (AvgIpc) is 2.21. The molecule has 0 aromatic heterocycles. The summed E-state index contributed by atoms with van der Waals surface area (Å²) in [5.74, 6) is -0.208. The van der Waals surface area contributed by atoms with Gasteiger partial charge in [0.15, 0.2) is 0 Å². The van der Waals surface area contributed by atoms with Crippen LogP contribution in [0.5, 0.6) is 0 Å². The van der Waals surface area contributed by atoms with Gasteiger partial charge >= 0.3 is 0 Å². The van der Waals surface area contributed by atoms with Crippen LogP contribution in [0.2, 0.25) is 0 Å². The van der Waals surface area contributed by atoms with E-state index in [2.05, 4.69) is 5.32 Å². The lowest BCUT2D eigenvalue weighted by Crippen LogP contribution is -2.36. The molecule has 2 nitrogen and oxygen atoms in total. The van der Waals surface area contributed by atoms with E-state index in [-0.39, 0.29) is 11.8 Å². The van der Waals surface area contributed by atoms with E-state index < -0.39 is 4.87 Å². The summed E-state index contributed by atoms with van der Waals surface area (Å²) in [4.78, 5) is 10.6. The summed E-state index contributed by atoms with van der Waals surface area (Å²) in [6.07, 6.45) is 0. The molecule has 0 aliphatic rings. The number of anilines is 1. The smallest absolute Gasteiger partial charge is 0.246 e. The number of benzene rings is 1. The summed E-state index contributed by atoms with van der Waals surface area (Å²) in [5, 5.41) is 2.75. The van der Waals surface area contributed by atoms with Gasteiger partial charge in [-0.2, -0.15) is 0 Å². The van der Waals surface area contributed by atoms with Crippen LogP contribution in [0.15, 0.2) is 24.3 Å². The molecule has 4 heteroatoms. The molecule has 15 heavy (non-hydrogen) atoms. The van der Waals surface area contributed by atoms with Gasteiger partial charge in [0.1, 0.15) is 4.87 Å². The molecule has 1 aromatic rings. The van der Waals surface area contributed by atoms with Gasteiger partial charge in [0, 0.05) is 5.69 Å². The van der Waals surface area contributed by atoms with Crippen molar-refractivity contribution in [2.45, 2.75) is 18.7 Å². The Balaban J connectivity index is 2.80. The maximum absolute atomic E-state index is 11.7. The summed E-state index contributed by atoms with van der Waals surface area (Å²) in [5.41, 5.74) is 1.76. The maximum Gasteiger partial charge on any atom is 0.246 e. The van der Waals surface area contributed by atoms with Gasteiger partial charge in [-0.1, -0.05) is 18.2 Å². The number of nitrogens with one attached hydrogen (secondary N) is 1. The van der Waals surface area contributed by atoms with Crippen molar-refractivity contribution in [2.24, 2.45) is 0 Å². The third kappa shape index (κ3) is 3.11. The highest BCUT2D eigenvalue weighted by Gasteiger charge is 2.29. The van der Waals surface area contributed by atoms with Gasteiger partial charge in [0.2, 0.25) is 5.91 Å². The molecule has 0 saturated heterocycles. The summed E-state index contributed by atoms with van der Waals surface area (Å²) in [6.45, 7) is 3.51. The molecule has 0 bridgehead atoms. The minimum Gasteiger partial charge on any atom is -0.324 e. The molecule has 0 saturated carbocycles. The first kappa shape index (κ1) is 12.3. The number of aryl methyl sites for hydroxylation is 1. The Labute approximate surface area is 99.6 Å². The highest BCUT2D eigenvalue weighted by atomic mass is 35.5. The zero-order valence-corrected chi connectivity index (χ0v) is 10.2. The number of alkyl halides is 2. The van der Waals surface area contributed by atoms with E-state index in [0.717, 1.165) is 11.3 Å². The summed E-state index contributed by atoms with van der Waals surface area (Å²) in [6, 6.07) is 7.51. The number of hydrogen-bond donors (Lipinski definition) is 1. The van der Waals surface area contributed by atoms with Gasteiger partial charge in [0.25, 0.3) is 0 Å². The molecule has 1 amide bonds. The highest BCUT2D eigenvalue weighted by molar-refractivity contribution is 6.40.